The number of H-pyrrole nitrogens is 1. The second kappa shape index (κ2) is 4.32. The van der Waals surface area contributed by atoms with Crippen LogP contribution in [-0.4, -0.2) is 4.98 Å². The van der Waals surface area contributed by atoms with Gasteiger partial charge in [0.1, 0.15) is 0 Å². The minimum absolute atomic E-state index is 0.126. The average molecular weight is 254 g/mol. The van der Waals surface area contributed by atoms with Gasteiger partial charge in [-0.1, -0.05) is 35.3 Å². The standard InChI is InChI=1S/C12H9Cl2NO/c1-7-5-11(16)15-6-9(7)8-3-2-4-10(13)12(8)14/h2-6H,1H3,(H,15,16). The molecule has 0 aliphatic heterocycles. The third-order valence-corrected chi connectivity index (χ3v) is 3.19. The first-order valence-electron chi connectivity index (χ1n) is 4.73. The second-order valence-electron chi connectivity index (χ2n) is 3.50. The third-order valence-electron chi connectivity index (χ3n) is 2.37. The van der Waals surface area contributed by atoms with E-state index < -0.39 is 0 Å². The minimum Gasteiger partial charge on any atom is -0.328 e. The minimum atomic E-state index is -0.126. The van der Waals surface area contributed by atoms with Gasteiger partial charge in [-0.05, 0) is 18.6 Å². The van der Waals surface area contributed by atoms with E-state index in [2.05, 4.69) is 4.98 Å². The highest BCUT2D eigenvalue weighted by molar-refractivity contribution is 6.43. The smallest absolute Gasteiger partial charge is 0.248 e. The van der Waals surface area contributed by atoms with Crippen molar-refractivity contribution in [1.82, 2.24) is 4.98 Å². The molecule has 1 N–H and O–H groups in total. The lowest BCUT2D eigenvalue weighted by Crippen LogP contribution is -2.04. The summed E-state index contributed by atoms with van der Waals surface area (Å²) in [5.74, 6) is 0. The van der Waals surface area contributed by atoms with Gasteiger partial charge in [-0.3, -0.25) is 4.79 Å². The molecule has 82 valence electrons. The summed E-state index contributed by atoms with van der Waals surface area (Å²) in [6.45, 7) is 1.86. The van der Waals surface area contributed by atoms with E-state index in [0.717, 1.165) is 16.7 Å². The first kappa shape index (κ1) is 11.2. The molecule has 0 unspecified atom stereocenters. The lowest BCUT2D eigenvalue weighted by atomic mass is 10.0. The lowest BCUT2D eigenvalue weighted by molar-refractivity contribution is 1.21. The number of aromatic nitrogens is 1. The molecule has 1 aromatic heterocycles. The number of hydrogen-bond donors (Lipinski definition) is 1. The molecule has 0 spiro atoms. The summed E-state index contributed by atoms with van der Waals surface area (Å²) in [6, 6.07) is 6.96. The summed E-state index contributed by atoms with van der Waals surface area (Å²) in [6.07, 6.45) is 1.65. The largest absolute Gasteiger partial charge is 0.328 e. The van der Waals surface area contributed by atoms with Crippen LogP contribution < -0.4 is 5.56 Å². The third kappa shape index (κ3) is 1.99. The van der Waals surface area contributed by atoms with Crippen LogP contribution in [0.25, 0.3) is 11.1 Å². The predicted molar refractivity (Wildman–Crippen MR) is 67.3 cm³/mol. The van der Waals surface area contributed by atoms with Gasteiger partial charge in [0.15, 0.2) is 0 Å². The molecule has 1 aromatic carbocycles. The summed E-state index contributed by atoms with van der Waals surface area (Å²) < 4.78 is 0. The van der Waals surface area contributed by atoms with Crippen molar-refractivity contribution in [2.75, 3.05) is 0 Å². The van der Waals surface area contributed by atoms with Gasteiger partial charge in [0.25, 0.3) is 0 Å². The van der Waals surface area contributed by atoms with Crippen molar-refractivity contribution in [2.45, 2.75) is 6.92 Å². The summed E-state index contributed by atoms with van der Waals surface area (Å²) in [5.41, 5.74) is 2.45. The van der Waals surface area contributed by atoms with Crippen LogP contribution in [0.4, 0.5) is 0 Å². The van der Waals surface area contributed by atoms with E-state index in [-0.39, 0.29) is 5.56 Å². The Bertz CT molecular complexity index is 590. The Morgan fingerprint density at radius 2 is 1.94 bits per heavy atom. The second-order valence-corrected chi connectivity index (χ2v) is 4.28. The Morgan fingerprint density at radius 3 is 2.62 bits per heavy atom. The number of benzene rings is 1. The molecule has 0 amide bonds. The fraction of sp³-hybridized carbons (Fsp3) is 0.0833. The van der Waals surface area contributed by atoms with Gasteiger partial charge in [-0.25, -0.2) is 0 Å². The molecule has 0 fully saturated rings. The van der Waals surface area contributed by atoms with E-state index in [1.807, 2.05) is 19.1 Å². The normalized spacial score (nSPS) is 10.4. The van der Waals surface area contributed by atoms with Gasteiger partial charge in [0.2, 0.25) is 5.56 Å². The number of pyridine rings is 1. The summed E-state index contributed by atoms with van der Waals surface area (Å²) >= 11 is 12.1. The summed E-state index contributed by atoms with van der Waals surface area (Å²) in [7, 11) is 0. The Kier molecular flexibility index (Phi) is 3.03. The van der Waals surface area contributed by atoms with Gasteiger partial charge in [0, 0.05) is 23.4 Å². The van der Waals surface area contributed by atoms with Crippen molar-refractivity contribution in [3.63, 3.8) is 0 Å². The molecular weight excluding hydrogens is 245 g/mol. The molecule has 0 radical (unpaired) electrons. The van der Waals surface area contributed by atoms with Crippen molar-refractivity contribution in [3.05, 3.63) is 56.4 Å². The highest BCUT2D eigenvalue weighted by atomic mass is 35.5. The molecule has 0 atom stereocenters. The predicted octanol–water partition coefficient (Wildman–Crippen LogP) is 3.66. The molecular formula is C12H9Cl2NO. The Labute approximate surface area is 103 Å². The molecule has 0 aliphatic carbocycles. The Balaban J connectivity index is 2.68. The fourth-order valence-electron chi connectivity index (χ4n) is 1.58. The number of hydrogen-bond acceptors (Lipinski definition) is 1. The van der Waals surface area contributed by atoms with Crippen molar-refractivity contribution >= 4 is 23.2 Å². The van der Waals surface area contributed by atoms with Crippen molar-refractivity contribution in [2.24, 2.45) is 0 Å². The van der Waals surface area contributed by atoms with Crippen molar-refractivity contribution in [1.29, 1.82) is 0 Å². The maximum Gasteiger partial charge on any atom is 0.248 e. The summed E-state index contributed by atoms with van der Waals surface area (Å²) in [5, 5.41) is 1.00. The number of nitrogens with one attached hydrogen (secondary N) is 1. The SMILES string of the molecule is Cc1cc(=O)[nH]cc1-c1cccc(Cl)c1Cl. The molecule has 2 aromatic rings. The van der Waals surface area contributed by atoms with Crippen LogP contribution in [0.5, 0.6) is 0 Å². The van der Waals surface area contributed by atoms with Crippen molar-refractivity contribution < 1.29 is 0 Å². The maximum atomic E-state index is 11.1. The maximum absolute atomic E-state index is 11.1. The van der Waals surface area contributed by atoms with Gasteiger partial charge in [-0.2, -0.15) is 0 Å². The van der Waals surface area contributed by atoms with Crippen LogP contribution in [0.2, 0.25) is 10.0 Å². The van der Waals surface area contributed by atoms with E-state index in [1.54, 1.807) is 12.3 Å². The summed E-state index contributed by atoms with van der Waals surface area (Å²) in [4.78, 5) is 13.7. The highest BCUT2D eigenvalue weighted by Gasteiger charge is 2.09. The van der Waals surface area contributed by atoms with E-state index >= 15 is 0 Å². The van der Waals surface area contributed by atoms with Crippen molar-refractivity contribution in [3.8, 4) is 11.1 Å². The monoisotopic (exact) mass is 253 g/mol. The van der Waals surface area contributed by atoms with Gasteiger partial charge < -0.3 is 4.98 Å². The van der Waals surface area contributed by atoms with Crippen LogP contribution in [-0.2, 0) is 0 Å². The zero-order valence-electron chi connectivity index (χ0n) is 8.55. The molecule has 0 saturated heterocycles. The molecule has 1 heterocycles. The molecule has 0 aliphatic rings. The van der Waals surface area contributed by atoms with Crippen LogP contribution in [0.3, 0.4) is 0 Å². The zero-order chi connectivity index (χ0) is 11.7. The van der Waals surface area contributed by atoms with Crippen LogP contribution in [0.15, 0.2) is 35.3 Å². The molecule has 16 heavy (non-hydrogen) atoms. The van der Waals surface area contributed by atoms with Gasteiger partial charge >= 0.3 is 0 Å². The average Bonchev–Trinajstić information content (AvgIpc) is 2.23. The number of aromatic amines is 1. The van der Waals surface area contributed by atoms with E-state index in [0.29, 0.717) is 10.0 Å². The zero-order valence-corrected chi connectivity index (χ0v) is 10.1. The molecule has 0 saturated carbocycles. The number of aryl methyl sites for hydroxylation is 1. The Morgan fingerprint density at radius 1 is 1.19 bits per heavy atom. The number of halogens is 2. The first-order chi connectivity index (χ1) is 7.59. The first-order valence-corrected chi connectivity index (χ1v) is 5.49. The lowest BCUT2D eigenvalue weighted by Gasteiger charge is -2.08. The molecule has 4 heteroatoms. The van der Waals surface area contributed by atoms with E-state index in [9.17, 15) is 4.79 Å². The van der Waals surface area contributed by atoms with E-state index in [1.165, 1.54) is 6.07 Å². The topological polar surface area (TPSA) is 32.9 Å². The van der Waals surface area contributed by atoms with Crippen LogP contribution in [0, 0.1) is 6.92 Å². The fourth-order valence-corrected chi connectivity index (χ4v) is 1.98. The van der Waals surface area contributed by atoms with Crippen LogP contribution >= 0.6 is 23.2 Å². The number of rotatable bonds is 1. The molecule has 0 bridgehead atoms. The van der Waals surface area contributed by atoms with Gasteiger partial charge in [-0.15, -0.1) is 0 Å². The van der Waals surface area contributed by atoms with Gasteiger partial charge in [0.05, 0.1) is 10.0 Å². The molecule has 2 rings (SSSR count). The highest BCUT2D eigenvalue weighted by Crippen LogP contribution is 2.34. The van der Waals surface area contributed by atoms with E-state index in [4.69, 9.17) is 23.2 Å². The quantitative estimate of drug-likeness (QED) is 0.827. The molecule has 2 nitrogen and oxygen atoms in total. The Hall–Kier alpha value is -1.25. The van der Waals surface area contributed by atoms with Crippen LogP contribution in [0.1, 0.15) is 5.56 Å².